The van der Waals surface area contributed by atoms with Crippen molar-refractivity contribution in [3.8, 4) is 11.5 Å². The first kappa shape index (κ1) is 61.2. The van der Waals surface area contributed by atoms with Gasteiger partial charge in [0.15, 0.2) is 0 Å². The van der Waals surface area contributed by atoms with Crippen LogP contribution in [0.15, 0.2) is 72.7 Å². The van der Waals surface area contributed by atoms with Crippen molar-refractivity contribution in [1.29, 1.82) is 0 Å². The lowest BCUT2D eigenvalue weighted by molar-refractivity contribution is -0.0501. The average Bonchev–Trinajstić information content (AvgIpc) is 3.19. The average molecular weight is 1220 g/mol. The third-order valence-electron chi connectivity index (χ3n) is 12.1. The van der Waals surface area contributed by atoms with E-state index in [4.69, 9.17) is 63.0 Å². The van der Waals surface area contributed by atoms with Crippen LogP contribution in [0, 0.1) is 41.4 Å². The standard InChI is InChI=1S/C45H74F6O15Si9/c1-31(2)24-68-55-69(25-32(3)4)58-72(28-35(9)10)60-70(56-68,26-33(5)6)62-74(30-37(13)14)63-71(57-68,27-34(7)8)61-73(59-69,29-36(11)12)65-75(64-72,66-74)54-67(15,40-20-16-38(17-21-40)52-44(50)42(46)47)41-22-18-39(19-23-41)53-45(51)43(48)49/h16-23,31-37H,24-30H2,1-15H3. The first-order valence-electron chi connectivity index (χ1n) is 25.8. The second-order valence-electron chi connectivity index (χ2n) is 23.1. The van der Waals surface area contributed by atoms with Gasteiger partial charge in [0.05, 0.1) is 0 Å². The van der Waals surface area contributed by atoms with E-state index in [9.17, 15) is 26.3 Å². The highest BCUT2D eigenvalue weighted by Gasteiger charge is 2.85. The highest BCUT2D eigenvalue weighted by atomic mass is 28.6. The summed E-state index contributed by atoms with van der Waals surface area (Å²) >= 11 is 0. The molecular weight excluding hydrogens is 1150 g/mol. The zero-order valence-electron chi connectivity index (χ0n) is 45.5. The molecule has 6 saturated heterocycles. The third kappa shape index (κ3) is 14.2. The molecule has 6 heterocycles. The SMILES string of the molecule is CC(C)C[Si]12O[Si]3(CC(C)C)O[Si]4(CC(C)C)O[Si](CC(C)C)(O1)O[Si]1(CC(C)C)O[Si](CC(C)C)(O2)O[Si](CC(C)C)(O3)O[Si](O[Si](C)(c2ccc(OC(F)=C(F)F)cc2)c2ccc(OC(F)=C(F)F)cc2)(O4)O1. The predicted molar refractivity (Wildman–Crippen MR) is 283 cm³/mol. The molecule has 0 aliphatic carbocycles. The zero-order valence-corrected chi connectivity index (χ0v) is 54.5. The Morgan fingerprint density at radius 2 is 0.560 bits per heavy atom. The molecule has 0 aromatic heterocycles. The lowest BCUT2D eigenvalue weighted by atomic mass is 10.3. The molecule has 0 unspecified atom stereocenters. The van der Waals surface area contributed by atoms with Crippen LogP contribution in [-0.4, -0.2) is 79.0 Å². The van der Waals surface area contributed by atoms with Crippen LogP contribution in [0.25, 0.3) is 0 Å². The van der Waals surface area contributed by atoms with E-state index in [1.54, 1.807) is 6.55 Å². The number of benzene rings is 2. The van der Waals surface area contributed by atoms with E-state index < -0.39 is 103 Å². The topological polar surface area (TPSA) is 138 Å². The number of hydrogen-bond acceptors (Lipinski definition) is 15. The second-order valence-corrected chi connectivity index (χ2v) is 50.4. The van der Waals surface area contributed by atoms with E-state index >= 15 is 0 Å². The highest BCUT2D eigenvalue weighted by Crippen LogP contribution is 2.56. The maximum atomic E-state index is 14.2. The van der Waals surface area contributed by atoms with Crippen LogP contribution < -0.4 is 19.8 Å². The predicted octanol–water partition coefficient (Wildman–Crippen LogP) is 12.1. The minimum atomic E-state index is -5.23. The molecule has 422 valence electrons. The van der Waals surface area contributed by atoms with Crippen molar-refractivity contribution in [2.75, 3.05) is 0 Å². The van der Waals surface area contributed by atoms with Gasteiger partial charge in [0.25, 0.3) is 0 Å². The van der Waals surface area contributed by atoms with Crippen molar-refractivity contribution >= 4 is 89.4 Å². The van der Waals surface area contributed by atoms with Gasteiger partial charge in [-0.25, -0.2) is 0 Å². The summed E-state index contributed by atoms with van der Waals surface area (Å²) in [5.74, 6) is -1.39. The number of halogens is 6. The lowest BCUT2D eigenvalue weighted by Gasteiger charge is -2.63. The summed E-state index contributed by atoms with van der Waals surface area (Å²) in [4.78, 5) is 0. The van der Waals surface area contributed by atoms with Gasteiger partial charge in [-0.15, -0.1) is 0 Å². The highest BCUT2D eigenvalue weighted by molar-refractivity contribution is 7.06. The van der Waals surface area contributed by atoms with Gasteiger partial charge in [-0.3, -0.25) is 0 Å². The van der Waals surface area contributed by atoms with Crippen LogP contribution in [0.2, 0.25) is 48.9 Å². The third-order valence-corrected chi connectivity index (χ3v) is 55.9. The molecule has 6 aliphatic rings. The van der Waals surface area contributed by atoms with Gasteiger partial charge < -0.3 is 63.0 Å². The smallest absolute Gasteiger partial charge is 0.428 e. The van der Waals surface area contributed by atoms with Crippen LogP contribution in [-0.2, 0) is 53.5 Å². The minimum absolute atomic E-state index is 0.0344. The van der Waals surface area contributed by atoms with Gasteiger partial charge in [-0.05, 0) is 82.6 Å². The summed E-state index contributed by atoms with van der Waals surface area (Å²) in [6.45, 7) is 30.2. The van der Waals surface area contributed by atoms with Gasteiger partial charge >= 0.3 is 94.9 Å². The molecule has 0 spiro atoms. The summed E-state index contributed by atoms with van der Waals surface area (Å²) < 4.78 is 193. The van der Waals surface area contributed by atoms with Gasteiger partial charge in [0, 0.05) is 42.3 Å². The maximum absolute atomic E-state index is 14.2. The molecule has 6 aliphatic heterocycles. The van der Waals surface area contributed by atoms with E-state index in [1.807, 2.05) is 83.1 Å². The van der Waals surface area contributed by atoms with Crippen molar-refractivity contribution < 1.29 is 89.3 Å². The van der Waals surface area contributed by atoms with E-state index in [2.05, 4.69) is 13.8 Å². The zero-order chi connectivity index (χ0) is 55.4. The first-order chi connectivity index (χ1) is 34.7. The summed E-state index contributed by atoms with van der Waals surface area (Å²) in [6, 6.07) is 8.54. The van der Waals surface area contributed by atoms with Crippen LogP contribution in [0.1, 0.15) is 96.9 Å². The second kappa shape index (κ2) is 22.8. The molecule has 0 saturated carbocycles. The Labute approximate surface area is 447 Å². The molecule has 8 bridgehead atoms. The Morgan fingerprint density at radius 1 is 0.360 bits per heavy atom. The summed E-state index contributed by atoms with van der Waals surface area (Å²) in [5.41, 5.74) is 0. The molecule has 0 amide bonds. The molecular formula is C45H74F6O15Si9. The molecule has 0 N–H and O–H groups in total. The number of hydrogen-bond donors (Lipinski definition) is 0. The van der Waals surface area contributed by atoms with Crippen LogP contribution in [0.3, 0.4) is 0 Å². The molecule has 15 nitrogen and oxygen atoms in total. The molecule has 0 atom stereocenters. The molecule has 6 fully saturated rings. The normalized spacial score (nSPS) is 32.6. The van der Waals surface area contributed by atoms with E-state index in [0.717, 1.165) is 0 Å². The Kier molecular flexibility index (Phi) is 18.6. The van der Waals surface area contributed by atoms with Crippen LogP contribution >= 0.6 is 0 Å². The molecule has 30 heteroatoms. The van der Waals surface area contributed by atoms with E-state index in [1.165, 1.54) is 48.5 Å². The molecule has 2 aromatic carbocycles. The summed E-state index contributed by atoms with van der Waals surface area (Å²) in [5, 5.41) is 0.805. The number of rotatable bonds is 22. The van der Waals surface area contributed by atoms with Crippen LogP contribution in [0.4, 0.5) is 26.3 Å². The first-order valence-corrected chi connectivity index (χ1v) is 43.4. The lowest BCUT2D eigenvalue weighted by Crippen LogP contribution is -2.89. The van der Waals surface area contributed by atoms with Gasteiger partial charge in [-0.1, -0.05) is 121 Å². The van der Waals surface area contributed by atoms with Crippen molar-refractivity contribution in [3.05, 3.63) is 72.7 Å². The summed E-state index contributed by atoms with van der Waals surface area (Å²) in [7, 11) is -40.1. The van der Waals surface area contributed by atoms with Crippen molar-refractivity contribution in [3.63, 3.8) is 0 Å². The fourth-order valence-corrected chi connectivity index (χ4v) is 65.3. The van der Waals surface area contributed by atoms with Gasteiger partial charge in [-0.2, -0.15) is 26.3 Å². The van der Waals surface area contributed by atoms with Crippen molar-refractivity contribution in [2.45, 2.75) is 146 Å². The number of ether oxygens (including phenoxy) is 2. The van der Waals surface area contributed by atoms with Crippen LogP contribution in [0.5, 0.6) is 11.5 Å². The fraction of sp³-hybridized carbons (Fsp3) is 0.644. The monoisotopic (exact) mass is 1220 g/mol. The van der Waals surface area contributed by atoms with Gasteiger partial charge in [0.2, 0.25) is 8.32 Å². The Morgan fingerprint density at radius 3 is 0.747 bits per heavy atom. The Bertz CT molecular complexity index is 2160. The van der Waals surface area contributed by atoms with Crippen molar-refractivity contribution in [1.82, 2.24) is 0 Å². The molecule has 2 aromatic rings. The molecule has 0 radical (unpaired) electrons. The summed E-state index contributed by atoms with van der Waals surface area (Å²) in [6.07, 6.45) is -5.31. The maximum Gasteiger partial charge on any atom is 0.647 e. The van der Waals surface area contributed by atoms with Gasteiger partial charge in [0.1, 0.15) is 11.5 Å². The Balaban J connectivity index is 1.61. The quantitative estimate of drug-likeness (QED) is 0.0627. The minimum Gasteiger partial charge on any atom is -0.428 e. The fourth-order valence-electron chi connectivity index (χ4n) is 10.1. The largest absolute Gasteiger partial charge is 0.647 e. The van der Waals surface area contributed by atoms with E-state index in [-0.39, 0.29) is 89.2 Å². The van der Waals surface area contributed by atoms with Crippen molar-refractivity contribution in [2.24, 2.45) is 41.4 Å². The molecule has 75 heavy (non-hydrogen) atoms. The Hall–Kier alpha value is -1.47. The molecule has 8 rings (SSSR count). The van der Waals surface area contributed by atoms with E-state index in [0.29, 0.717) is 16.4 Å².